The van der Waals surface area contributed by atoms with E-state index in [-0.39, 0.29) is 11.8 Å². The van der Waals surface area contributed by atoms with Crippen LogP contribution in [0.1, 0.15) is 38.5 Å². The van der Waals surface area contributed by atoms with E-state index in [4.69, 9.17) is 0 Å². The van der Waals surface area contributed by atoms with E-state index in [0.717, 1.165) is 25.7 Å². The molecule has 0 aliphatic heterocycles. The summed E-state index contributed by atoms with van der Waals surface area (Å²) in [7, 11) is 0. The fourth-order valence-electron chi connectivity index (χ4n) is 2.44. The van der Waals surface area contributed by atoms with Gasteiger partial charge in [0.2, 0.25) is 0 Å². The highest BCUT2D eigenvalue weighted by molar-refractivity contribution is 5.96. The van der Waals surface area contributed by atoms with E-state index in [1.54, 1.807) is 0 Å². The highest BCUT2D eigenvalue weighted by atomic mass is 16.1. The van der Waals surface area contributed by atoms with Crippen molar-refractivity contribution in [2.75, 3.05) is 0 Å². The number of hydrogen-bond acceptors (Lipinski definition) is 2. The Balaban J connectivity index is 2.19. The molecule has 0 unspecified atom stereocenters. The molecule has 2 aliphatic rings. The van der Waals surface area contributed by atoms with Gasteiger partial charge in [0.15, 0.2) is 0 Å². The lowest BCUT2D eigenvalue weighted by Gasteiger charge is -2.23. The Labute approximate surface area is 72.3 Å². The van der Waals surface area contributed by atoms with Crippen LogP contribution in [-0.2, 0) is 9.59 Å². The van der Waals surface area contributed by atoms with Gasteiger partial charge in [-0.15, -0.1) is 0 Å². The zero-order chi connectivity index (χ0) is 8.55. The predicted octanol–water partition coefficient (Wildman–Crippen LogP) is 1.72. The van der Waals surface area contributed by atoms with Gasteiger partial charge in [0.25, 0.3) is 0 Å². The summed E-state index contributed by atoms with van der Waals surface area (Å²) in [6.07, 6.45) is 5.27. The van der Waals surface area contributed by atoms with Crippen molar-refractivity contribution in [3.63, 3.8) is 0 Å². The van der Waals surface area contributed by atoms with Crippen LogP contribution in [-0.4, -0.2) is 11.6 Å². The SMILES string of the molecule is O=C1C[C@H]2CCCC[C@@H](C1)C2=O. The molecule has 0 amide bonds. The van der Waals surface area contributed by atoms with E-state index in [1.165, 1.54) is 0 Å². The molecule has 0 aromatic rings. The Hall–Kier alpha value is -0.660. The predicted molar refractivity (Wildman–Crippen MR) is 44.7 cm³/mol. The molecular weight excluding hydrogens is 152 g/mol. The zero-order valence-corrected chi connectivity index (χ0v) is 7.21. The molecule has 0 aromatic carbocycles. The molecule has 2 rings (SSSR count). The number of rotatable bonds is 0. The molecule has 12 heavy (non-hydrogen) atoms. The molecule has 2 aliphatic carbocycles. The first-order chi connectivity index (χ1) is 5.77. The molecule has 2 bridgehead atoms. The summed E-state index contributed by atoms with van der Waals surface area (Å²) in [6.45, 7) is 0. The lowest BCUT2D eigenvalue weighted by Crippen LogP contribution is -2.31. The van der Waals surface area contributed by atoms with Gasteiger partial charge in [0.05, 0.1) is 0 Å². The van der Waals surface area contributed by atoms with Crippen LogP contribution < -0.4 is 0 Å². The van der Waals surface area contributed by atoms with Gasteiger partial charge in [-0.3, -0.25) is 9.59 Å². The Kier molecular flexibility index (Phi) is 1.99. The molecule has 0 spiro atoms. The van der Waals surface area contributed by atoms with Gasteiger partial charge in [-0.1, -0.05) is 12.8 Å². The highest BCUT2D eigenvalue weighted by Crippen LogP contribution is 2.33. The topological polar surface area (TPSA) is 34.1 Å². The van der Waals surface area contributed by atoms with Crippen molar-refractivity contribution in [3.05, 3.63) is 0 Å². The second kappa shape index (κ2) is 3.00. The zero-order valence-electron chi connectivity index (χ0n) is 7.21. The van der Waals surface area contributed by atoms with E-state index in [9.17, 15) is 9.59 Å². The smallest absolute Gasteiger partial charge is 0.139 e. The number of carbonyl (C=O) groups is 2. The molecular formula is C10H14O2. The molecule has 0 saturated heterocycles. The summed E-state index contributed by atoms with van der Waals surface area (Å²) < 4.78 is 0. The quantitative estimate of drug-likeness (QED) is 0.549. The van der Waals surface area contributed by atoms with Crippen LogP contribution in [0, 0.1) is 11.8 Å². The first-order valence-corrected chi connectivity index (χ1v) is 4.83. The van der Waals surface area contributed by atoms with E-state index >= 15 is 0 Å². The van der Waals surface area contributed by atoms with Gasteiger partial charge >= 0.3 is 0 Å². The van der Waals surface area contributed by atoms with E-state index in [1.807, 2.05) is 0 Å². The van der Waals surface area contributed by atoms with Crippen LogP contribution in [0.3, 0.4) is 0 Å². The lowest BCUT2D eigenvalue weighted by atomic mass is 9.79. The van der Waals surface area contributed by atoms with Crippen LogP contribution in [0.5, 0.6) is 0 Å². The fraction of sp³-hybridized carbons (Fsp3) is 0.800. The second-order valence-electron chi connectivity index (χ2n) is 4.03. The standard InChI is InChI=1S/C10H14O2/c11-9-5-7-3-1-2-4-8(6-9)10(7)12/h7-8H,1-6H2/t7-,8+. The Morgan fingerprint density at radius 1 is 0.917 bits per heavy atom. The second-order valence-corrected chi connectivity index (χ2v) is 4.03. The first-order valence-electron chi connectivity index (χ1n) is 4.83. The normalized spacial score (nSPS) is 36.3. The number of fused-ring (bicyclic) bond motifs is 2. The molecule has 2 heteroatoms. The average Bonchev–Trinajstić information content (AvgIpc) is 2.19. The number of hydrogen-bond donors (Lipinski definition) is 0. The van der Waals surface area contributed by atoms with Crippen molar-refractivity contribution in [2.24, 2.45) is 11.8 Å². The monoisotopic (exact) mass is 166 g/mol. The minimum atomic E-state index is 0.0961. The molecule has 0 aromatic heterocycles. The summed E-state index contributed by atoms with van der Waals surface area (Å²) in [4.78, 5) is 22.8. The molecule has 2 saturated carbocycles. The first kappa shape index (κ1) is 7.96. The highest BCUT2D eigenvalue weighted by Gasteiger charge is 2.36. The molecule has 2 fully saturated rings. The summed E-state index contributed by atoms with van der Waals surface area (Å²) in [6, 6.07) is 0. The van der Waals surface area contributed by atoms with Crippen molar-refractivity contribution < 1.29 is 9.59 Å². The molecule has 66 valence electrons. The van der Waals surface area contributed by atoms with Crippen molar-refractivity contribution in [3.8, 4) is 0 Å². The third-order valence-electron chi connectivity index (χ3n) is 3.11. The van der Waals surface area contributed by atoms with Crippen LogP contribution in [0.2, 0.25) is 0 Å². The van der Waals surface area contributed by atoms with Crippen LogP contribution in [0.25, 0.3) is 0 Å². The van der Waals surface area contributed by atoms with E-state index in [0.29, 0.717) is 24.4 Å². The third kappa shape index (κ3) is 1.30. The molecule has 0 N–H and O–H groups in total. The lowest BCUT2D eigenvalue weighted by molar-refractivity contribution is -0.137. The summed E-state index contributed by atoms with van der Waals surface area (Å²) in [5, 5.41) is 0. The van der Waals surface area contributed by atoms with Crippen LogP contribution in [0.15, 0.2) is 0 Å². The van der Waals surface area contributed by atoms with Crippen molar-refractivity contribution in [1.82, 2.24) is 0 Å². The van der Waals surface area contributed by atoms with Crippen LogP contribution in [0.4, 0.5) is 0 Å². The maximum atomic E-state index is 11.6. The van der Waals surface area contributed by atoms with Gasteiger partial charge in [-0.05, 0) is 12.8 Å². The minimum absolute atomic E-state index is 0.0961. The third-order valence-corrected chi connectivity index (χ3v) is 3.11. The summed E-state index contributed by atoms with van der Waals surface area (Å²) in [5.41, 5.74) is 0. The Morgan fingerprint density at radius 3 is 1.92 bits per heavy atom. The van der Waals surface area contributed by atoms with Crippen molar-refractivity contribution in [1.29, 1.82) is 0 Å². The van der Waals surface area contributed by atoms with Crippen molar-refractivity contribution >= 4 is 11.6 Å². The van der Waals surface area contributed by atoms with Gasteiger partial charge in [0.1, 0.15) is 11.6 Å². The Bertz CT molecular complexity index is 200. The molecule has 0 heterocycles. The maximum absolute atomic E-state index is 11.6. The maximum Gasteiger partial charge on any atom is 0.139 e. The van der Waals surface area contributed by atoms with Gasteiger partial charge < -0.3 is 0 Å². The minimum Gasteiger partial charge on any atom is -0.300 e. The Morgan fingerprint density at radius 2 is 1.42 bits per heavy atom. The largest absolute Gasteiger partial charge is 0.300 e. The molecule has 2 nitrogen and oxygen atoms in total. The average molecular weight is 166 g/mol. The van der Waals surface area contributed by atoms with E-state index < -0.39 is 0 Å². The fourth-order valence-corrected chi connectivity index (χ4v) is 2.44. The van der Waals surface area contributed by atoms with E-state index in [2.05, 4.69) is 0 Å². The summed E-state index contributed by atoms with van der Waals surface area (Å²) in [5.74, 6) is 0.885. The van der Waals surface area contributed by atoms with Gasteiger partial charge in [-0.2, -0.15) is 0 Å². The summed E-state index contributed by atoms with van der Waals surface area (Å²) >= 11 is 0. The van der Waals surface area contributed by atoms with Gasteiger partial charge in [0, 0.05) is 24.7 Å². The van der Waals surface area contributed by atoms with Crippen molar-refractivity contribution in [2.45, 2.75) is 38.5 Å². The molecule has 0 radical (unpaired) electrons. The number of Topliss-reactive ketones (excluding diaryl/α,β-unsaturated/α-hetero) is 2. The number of ketones is 2. The number of carbonyl (C=O) groups excluding carboxylic acids is 2. The van der Waals surface area contributed by atoms with Crippen LogP contribution >= 0.6 is 0 Å². The van der Waals surface area contributed by atoms with Gasteiger partial charge in [-0.25, -0.2) is 0 Å². The molecule has 2 atom stereocenters.